The molecule has 0 saturated carbocycles. The van der Waals surface area contributed by atoms with Crippen molar-refractivity contribution in [1.29, 1.82) is 0 Å². The average Bonchev–Trinajstić information content (AvgIpc) is 2.66. The summed E-state index contributed by atoms with van der Waals surface area (Å²) in [7, 11) is 0. The van der Waals surface area contributed by atoms with Crippen molar-refractivity contribution in [2.75, 3.05) is 6.61 Å². The molecule has 1 fully saturated rings. The van der Waals surface area contributed by atoms with Crippen molar-refractivity contribution >= 4 is 5.83 Å². The molecule has 0 aromatic carbocycles. The van der Waals surface area contributed by atoms with Crippen molar-refractivity contribution in [3.8, 4) is 0 Å². The summed E-state index contributed by atoms with van der Waals surface area (Å²) in [5, 5.41) is 28.3. The fourth-order valence-corrected chi connectivity index (χ4v) is 1.98. The Balaban J connectivity index is 2.48. The van der Waals surface area contributed by atoms with Crippen LogP contribution in [0.15, 0.2) is 22.4 Å². The molecule has 1 aromatic rings. The maximum absolute atomic E-state index is 13.1. The molecule has 1 aromatic heterocycles. The Kier molecular flexibility index (Phi) is 3.86. The summed E-state index contributed by atoms with van der Waals surface area (Å²) in [4.78, 5) is 24.9. The summed E-state index contributed by atoms with van der Waals surface area (Å²) in [6.45, 7) is 2.38. The van der Waals surface area contributed by atoms with Crippen LogP contribution in [0.5, 0.6) is 0 Å². The minimum Gasteiger partial charge on any atom is -0.394 e. The molecule has 1 saturated heterocycles. The molecule has 0 aliphatic carbocycles. The van der Waals surface area contributed by atoms with E-state index in [1.165, 1.54) is 0 Å². The van der Waals surface area contributed by atoms with Crippen LogP contribution in [0.1, 0.15) is 11.8 Å². The number of aromatic amines is 1. The zero-order chi connectivity index (χ0) is 15.0. The van der Waals surface area contributed by atoms with E-state index < -0.39 is 53.8 Å². The summed E-state index contributed by atoms with van der Waals surface area (Å²) >= 11 is 0. The number of H-pyrrole nitrogens is 1. The minimum absolute atomic E-state index is 0.498. The van der Waals surface area contributed by atoms with E-state index >= 15 is 0 Å². The van der Waals surface area contributed by atoms with Crippen LogP contribution in [-0.4, -0.2) is 49.8 Å². The Bertz CT molecular complexity index is 639. The Morgan fingerprint density at radius 3 is 2.60 bits per heavy atom. The fraction of sp³-hybridized carbons (Fsp3) is 0.455. The molecular weight excluding hydrogens is 275 g/mol. The van der Waals surface area contributed by atoms with Crippen molar-refractivity contribution in [3.05, 3.63) is 39.2 Å². The largest absolute Gasteiger partial charge is 0.394 e. The number of aliphatic hydroxyl groups is 3. The second-order valence-electron chi connectivity index (χ2n) is 4.34. The lowest BCUT2D eigenvalue weighted by Crippen LogP contribution is -2.38. The lowest BCUT2D eigenvalue weighted by molar-refractivity contribution is -0.0550. The summed E-state index contributed by atoms with van der Waals surface area (Å²) in [6.07, 6.45) is -4.54. The van der Waals surface area contributed by atoms with Gasteiger partial charge in [0.2, 0.25) is 0 Å². The first-order valence-electron chi connectivity index (χ1n) is 5.69. The first-order valence-corrected chi connectivity index (χ1v) is 5.69. The molecule has 110 valence electrons. The van der Waals surface area contributed by atoms with Crippen LogP contribution in [0.25, 0.3) is 5.83 Å². The standard InChI is InChI=1S/C11H13FN2O6/c1-4(12)5-2-14(11(19)13-9(5)18)10-8(17)7(16)6(3-15)20-10/h2,6-8,10,15-17H,1,3H2,(H,13,18,19)/t6-,7-,8+,10?/m0/s1. The van der Waals surface area contributed by atoms with Gasteiger partial charge in [-0.05, 0) is 0 Å². The van der Waals surface area contributed by atoms with Crippen LogP contribution in [0, 0.1) is 0 Å². The molecule has 0 spiro atoms. The summed E-state index contributed by atoms with van der Waals surface area (Å²) in [5.41, 5.74) is -2.41. The van der Waals surface area contributed by atoms with Crippen LogP contribution in [-0.2, 0) is 4.74 Å². The number of nitrogens with one attached hydrogen (secondary N) is 1. The molecular formula is C11H13FN2O6. The van der Waals surface area contributed by atoms with Crippen molar-refractivity contribution in [3.63, 3.8) is 0 Å². The molecule has 2 rings (SSSR count). The zero-order valence-corrected chi connectivity index (χ0v) is 10.2. The van der Waals surface area contributed by atoms with Gasteiger partial charge in [0.1, 0.15) is 24.1 Å². The van der Waals surface area contributed by atoms with Gasteiger partial charge in [0.15, 0.2) is 6.23 Å². The van der Waals surface area contributed by atoms with Gasteiger partial charge in [-0.3, -0.25) is 14.3 Å². The van der Waals surface area contributed by atoms with Crippen LogP contribution in [0.3, 0.4) is 0 Å². The van der Waals surface area contributed by atoms with Crippen molar-refractivity contribution in [2.24, 2.45) is 0 Å². The summed E-state index contributed by atoms with van der Waals surface area (Å²) < 4.78 is 18.9. The predicted octanol–water partition coefficient (Wildman–Crippen LogP) is -1.91. The number of halogens is 1. The molecule has 0 radical (unpaired) electrons. The molecule has 1 aliphatic rings. The molecule has 4 N–H and O–H groups in total. The summed E-state index contributed by atoms with van der Waals surface area (Å²) in [5.74, 6) is -1.06. The number of hydrogen-bond acceptors (Lipinski definition) is 6. The van der Waals surface area contributed by atoms with Crippen molar-refractivity contribution in [1.82, 2.24) is 9.55 Å². The van der Waals surface area contributed by atoms with Gasteiger partial charge in [-0.25, -0.2) is 9.18 Å². The van der Waals surface area contributed by atoms with E-state index in [1.54, 1.807) is 0 Å². The highest BCUT2D eigenvalue weighted by molar-refractivity contribution is 5.54. The Labute approximate surface area is 111 Å². The van der Waals surface area contributed by atoms with E-state index in [0.29, 0.717) is 0 Å². The van der Waals surface area contributed by atoms with Gasteiger partial charge in [-0.2, -0.15) is 0 Å². The van der Waals surface area contributed by atoms with Gasteiger partial charge >= 0.3 is 5.69 Å². The second kappa shape index (κ2) is 5.29. The molecule has 0 bridgehead atoms. The quantitative estimate of drug-likeness (QED) is 0.514. The molecule has 4 atom stereocenters. The van der Waals surface area contributed by atoms with Crippen LogP contribution < -0.4 is 11.2 Å². The SMILES string of the molecule is C=C(F)c1cn(C2O[C@@H](CO)[C@H](O)[C@H]2O)c(=O)[nH]c1=O. The fourth-order valence-electron chi connectivity index (χ4n) is 1.98. The number of hydrogen-bond donors (Lipinski definition) is 4. The number of nitrogens with zero attached hydrogens (tertiary/aromatic N) is 1. The Hall–Kier alpha value is -1.81. The number of ether oxygens (including phenoxy) is 1. The lowest BCUT2D eigenvalue weighted by atomic mass is 10.1. The second-order valence-corrected chi connectivity index (χ2v) is 4.34. The van der Waals surface area contributed by atoms with Gasteiger partial charge in [0.05, 0.1) is 12.2 Å². The van der Waals surface area contributed by atoms with Crippen LogP contribution >= 0.6 is 0 Å². The Morgan fingerprint density at radius 2 is 2.10 bits per heavy atom. The van der Waals surface area contributed by atoms with E-state index in [4.69, 9.17) is 9.84 Å². The molecule has 0 amide bonds. The normalized spacial score (nSPS) is 29.6. The monoisotopic (exact) mass is 288 g/mol. The topological polar surface area (TPSA) is 125 Å². The third kappa shape index (κ3) is 2.31. The molecule has 1 unspecified atom stereocenters. The van der Waals surface area contributed by atoms with E-state index in [2.05, 4.69) is 6.58 Å². The lowest BCUT2D eigenvalue weighted by Gasteiger charge is -2.17. The van der Waals surface area contributed by atoms with Gasteiger partial charge in [0, 0.05) is 6.20 Å². The van der Waals surface area contributed by atoms with Gasteiger partial charge in [-0.1, -0.05) is 6.58 Å². The highest BCUT2D eigenvalue weighted by atomic mass is 19.1. The smallest absolute Gasteiger partial charge is 0.330 e. The van der Waals surface area contributed by atoms with E-state index in [1.807, 2.05) is 4.98 Å². The zero-order valence-electron chi connectivity index (χ0n) is 10.2. The molecule has 2 heterocycles. The first-order chi connectivity index (χ1) is 9.36. The molecule has 20 heavy (non-hydrogen) atoms. The third-order valence-corrected chi connectivity index (χ3v) is 3.05. The predicted molar refractivity (Wildman–Crippen MR) is 64.5 cm³/mol. The maximum atomic E-state index is 13.1. The first kappa shape index (κ1) is 14.6. The highest BCUT2D eigenvalue weighted by Crippen LogP contribution is 2.28. The van der Waals surface area contributed by atoms with Gasteiger partial charge in [-0.15, -0.1) is 0 Å². The van der Waals surface area contributed by atoms with E-state index in [9.17, 15) is 24.2 Å². The molecule has 1 aliphatic heterocycles. The van der Waals surface area contributed by atoms with E-state index in [-0.39, 0.29) is 0 Å². The van der Waals surface area contributed by atoms with E-state index in [0.717, 1.165) is 10.8 Å². The Morgan fingerprint density at radius 1 is 1.45 bits per heavy atom. The van der Waals surface area contributed by atoms with Crippen molar-refractivity contribution in [2.45, 2.75) is 24.5 Å². The number of rotatable bonds is 3. The molecule has 8 nitrogen and oxygen atoms in total. The number of aliphatic hydroxyl groups excluding tert-OH is 3. The molecule has 9 heteroatoms. The average molecular weight is 288 g/mol. The maximum Gasteiger partial charge on any atom is 0.330 e. The van der Waals surface area contributed by atoms with Crippen molar-refractivity contribution < 1.29 is 24.4 Å². The summed E-state index contributed by atoms with van der Waals surface area (Å²) in [6, 6.07) is 0. The van der Waals surface area contributed by atoms with Gasteiger partial charge < -0.3 is 20.1 Å². The van der Waals surface area contributed by atoms with Gasteiger partial charge in [0.25, 0.3) is 5.56 Å². The third-order valence-electron chi connectivity index (χ3n) is 3.05. The minimum atomic E-state index is -1.52. The van der Waals surface area contributed by atoms with Crippen LogP contribution in [0.2, 0.25) is 0 Å². The number of aromatic nitrogens is 2. The van der Waals surface area contributed by atoms with Crippen LogP contribution in [0.4, 0.5) is 4.39 Å². The highest BCUT2D eigenvalue weighted by Gasteiger charge is 2.43.